The first kappa shape index (κ1) is 21.4. The number of nitrogens with zero attached hydrogens (tertiary/aromatic N) is 1. The van der Waals surface area contributed by atoms with E-state index in [9.17, 15) is 5.11 Å². The molecule has 4 rings (SSSR count). The number of hydrogen-bond acceptors (Lipinski definition) is 4. The molecule has 3 aromatic carbocycles. The summed E-state index contributed by atoms with van der Waals surface area (Å²) >= 11 is 0. The fourth-order valence-corrected chi connectivity index (χ4v) is 4.74. The van der Waals surface area contributed by atoms with E-state index < -0.39 is 5.60 Å². The summed E-state index contributed by atoms with van der Waals surface area (Å²) in [6.07, 6.45) is 2.41. The molecule has 0 radical (unpaired) electrons. The molecule has 0 unspecified atom stereocenters. The molecule has 0 aromatic heterocycles. The van der Waals surface area contributed by atoms with Gasteiger partial charge in [0.05, 0.1) is 14.2 Å². The van der Waals surface area contributed by atoms with E-state index >= 15 is 0 Å². The van der Waals surface area contributed by atoms with Gasteiger partial charge in [-0.05, 0) is 55.3 Å². The smallest absolute Gasteiger partial charge is 0.126 e. The highest BCUT2D eigenvalue weighted by atomic mass is 16.5. The minimum absolute atomic E-state index is 0.170. The molecule has 1 saturated heterocycles. The quantitative estimate of drug-likeness (QED) is 0.571. The Morgan fingerprint density at radius 1 is 0.839 bits per heavy atom. The highest BCUT2D eigenvalue weighted by Gasteiger charge is 2.44. The van der Waals surface area contributed by atoms with Crippen molar-refractivity contribution in [3.8, 4) is 11.5 Å². The Labute approximate surface area is 185 Å². The predicted octanol–water partition coefficient (Wildman–Crippen LogP) is 4.82. The van der Waals surface area contributed by atoms with Crippen LogP contribution < -0.4 is 9.47 Å². The molecule has 0 saturated carbocycles. The SMILES string of the molecule is COc1ccc([C@](O)(c2ccccc2OC)[C@@H](CN2CCCC2)c2ccccc2)cc1. The number of ether oxygens (including phenoxy) is 2. The first-order valence-electron chi connectivity index (χ1n) is 10.9. The van der Waals surface area contributed by atoms with Gasteiger partial charge < -0.3 is 19.5 Å². The van der Waals surface area contributed by atoms with Gasteiger partial charge in [-0.3, -0.25) is 0 Å². The Morgan fingerprint density at radius 2 is 1.48 bits per heavy atom. The summed E-state index contributed by atoms with van der Waals surface area (Å²) in [5.41, 5.74) is 1.43. The number of rotatable bonds is 8. The maximum absolute atomic E-state index is 12.7. The van der Waals surface area contributed by atoms with E-state index in [2.05, 4.69) is 17.0 Å². The number of aliphatic hydroxyl groups is 1. The van der Waals surface area contributed by atoms with Crippen LogP contribution in [0.15, 0.2) is 78.9 Å². The third-order valence-corrected chi connectivity index (χ3v) is 6.39. The molecule has 0 spiro atoms. The standard InChI is InChI=1S/C27H31NO3/c1-30-23-16-14-22(15-17-23)27(29,24-12-6-7-13-26(24)31-2)25(20-28-18-8-9-19-28)21-10-4-3-5-11-21/h3-7,10-17,25,29H,8-9,18-20H2,1-2H3/t25-,27-/m0/s1. The minimum Gasteiger partial charge on any atom is -0.497 e. The molecule has 1 aliphatic rings. The molecule has 3 aromatic rings. The Kier molecular flexibility index (Phi) is 6.59. The topological polar surface area (TPSA) is 41.9 Å². The zero-order valence-corrected chi connectivity index (χ0v) is 18.3. The van der Waals surface area contributed by atoms with Crippen molar-refractivity contribution in [2.45, 2.75) is 24.4 Å². The van der Waals surface area contributed by atoms with E-state index in [1.54, 1.807) is 14.2 Å². The van der Waals surface area contributed by atoms with Crippen molar-refractivity contribution in [2.24, 2.45) is 0 Å². The van der Waals surface area contributed by atoms with Crippen LogP contribution in [0.1, 0.15) is 35.4 Å². The molecule has 0 aliphatic carbocycles. The third kappa shape index (κ3) is 4.32. The molecule has 1 aliphatic heterocycles. The maximum Gasteiger partial charge on any atom is 0.126 e. The van der Waals surface area contributed by atoms with Crippen LogP contribution in [-0.4, -0.2) is 43.9 Å². The lowest BCUT2D eigenvalue weighted by Gasteiger charge is -2.40. The first-order valence-corrected chi connectivity index (χ1v) is 10.9. The molecule has 4 nitrogen and oxygen atoms in total. The molecular weight excluding hydrogens is 386 g/mol. The van der Waals surface area contributed by atoms with E-state index in [4.69, 9.17) is 9.47 Å². The number of para-hydroxylation sites is 1. The summed E-state index contributed by atoms with van der Waals surface area (Å²) in [6.45, 7) is 2.90. The van der Waals surface area contributed by atoms with Crippen molar-refractivity contribution in [3.05, 3.63) is 95.6 Å². The number of benzene rings is 3. The van der Waals surface area contributed by atoms with Crippen LogP contribution in [-0.2, 0) is 5.60 Å². The summed E-state index contributed by atoms with van der Waals surface area (Å²) in [7, 11) is 3.31. The maximum atomic E-state index is 12.7. The van der Waals surface area contributed by atoms with Crippen LogP contribution in [0.25, 0.3) is 0 Å². The molecule has 1 heterocycles. The summed E-state index contributed by atoms with van der Waals surface area (Å²) < 4.78 is 11.1. The van der Waals surface area contributed by atoms with Crippen LogP contribution >= 0.6 is 0 Å². The van der Waals surface area contributed by atoms with Gasteiger partial charge in [0.2, 0.25) is 0 Å². The van der Waals surface area contributed by atoms with Crippen molar-refractivity contribution in [1.82, 2.24) is 4.90 Å². The van der Waals surface area contributed by atoms with E-state index in [-0.39, 0.29) is 5.92 Å². The fraction of sp³-hybridized carbons (Fsp3) is 0.333. The van der Waals surface area contributed by atoms with Crippen molar-refractivity contribution >= 4 is 0 Å². The van der Waals surface area contributed by atoms with E-state index in [0.717, 1.165) is 42.1 Å². The summed E-state index contributed by atoms with van der Waals surface area (Å²) in [6, 6.07) is 25.9. The minimum atomic E-state index is -1.27. The van der Waals surface area contributed by atoms with Crippen molar-refractivity contribution in [2.75, 3.05) is 33.9 Å². The Morgan fingerprint density at radius 3 is 2.13 bits per heavy atom. The molecule has 0 amide bonds. The molecule has 1 fully saturated rings. The van der Waals surface area contributed by atoms with Gasteiger partial charge in [0.15, 0.2) is 0 Å². The van der Waals surface area contributed by atoms with E-state index in [1.807, 2.05) is 66.7 Å². The van der Waals surface area contributed by atoms with Crippen molar-refractivity contribution < 1.29 is 14.6 Å². The number of hydrogen-bond donors (Lipinski definition) is 1. The second-order valence-corrected chi connectivity index (χ2v) is 8.17. The second-order valence-electron chi connectivity index (χ2n) is 8.17. The molecule has 2 atom stereocenters. The summed E-state index contributed by atoms with van der Waals surface area (Å²) in [4.78, 5) is 2.46. The van der Waals surface area contributed by atoms with Crippen molar-refractivity contribution in [1.29, 1.82) is 0 Å². The van der Waals surface area contributed by atoms with Gasteiger partial charge in [-0.25, -0.2) is 0 Å². The van der Waals surface area contributed by atoms with Gasteiger partial charge in [-0.15, -0.1) is 0 Å². The lowest BCUT2D eigenvalue weighted by atomic mass is 9.72. The van der Waals surface area contributed by atoms with Crippen LogP contribution in [0, 0.1) is 0 Å². The Balaban J connectivity index is 1.91. The highest BCUT2D eigenvalue weighted by molar-refractivity contribution is 5.49. The molecule has 4 heteroatoms. The van der Waals surface area contributed by atoms with Crippen LogP contribution in [0.2, 0.25) is 0 Å². The van der Waals surface area contributed by atoms with Gasteiger partial charge in [0, 0.05) is 18.0 Å². The first-order chi connectivity index (χ1) is 15.2. The van der Waals surface area contributed by atoms with Gasteiger partial charge in [-0.2, -0.15) is 0 Å². The van der Waals surface area contributed by atoms with Crippen molar-refractivity contribution in [3.63, 3.8) is 0 Å². The molecule has 0 bridgehead atoms. The zero-order valence-electron chi connectivity index (χ0n) is 18.3. The van der Waals surface area contributed by atoms with Gasteiger partial charge in [-0.1, -0.05) is 60.7 Å². The van der Waals surface area contributed by atoms with E-state index in [0.29, 0.717) is 5.75 Å². The number of likely N-dealkylation sites (tertiary alicyclic amines) is 1. The fourth-order valence-electron chi connectivity index (χ4n) is 4.74. The molecule has 162 valence electrons. The summed E-state index contributed by atoms with van der Waals surface area (Å²) in [5, 5.41) is 12.7. The van der Waals surface area contributed by atoms with Crippen LogP contribution in [0.4, 0.5) is 0 Å². The molecular formula is C27H31NO3. The highest BCUT2D eigenvalue weighted by Crippen LogP contribution is 2.46. The predicted molar refractivity (Wildman–Crippen MR) is 124 cm³/mol. The Bertz CT molecular complexity index is 967. The lowest BCUT2D eigenvalue weighted by molar-refractivity contribution is 0.0344. The largest absolute Gasteiger partial charge is 0.497 e. The van der Waals surface area contributed by atoms with E-state index in [1.165, 1.54) is 12.8 Å². The lowest BCUT2D eigenvalue weighted by Crippen LogP contribution is -2.41. The average Bonchev–Trinajstić information content (AvgIpc) is 3.36. The molecule has 31 heavy (non-hydrogen) atoms. The molecule has 1 N–H and O–H groups in total. The van der Waals surface area contributed by atoms with Crippen LogP contribution in [0.3, 0.4) is 0 Å². The zero-order chi connectivity index (χ0) is 21.7. The summed E-state index contributed by atoms with van der Waals surface area (Å²) in [5.74, 6) is 1.28. The normalized spacial score (nSPS) is 17.1. The van der Waals surface area contributed by atoms with Gasteiger partial charge in [0.1, 0.15) is 17.1 Å². The van der Waals surface area contributed by atoms with Gasteiger partial charge >= 0.3 is 0 Å². The van der Waals surface area contributed by atoms with Crippen LogP contribution in [0.5, 0.6) is 11.5 Å². The van der Waals surface area contributed by atoms with Gasteiger partial charge in [0.25, 0.3) is 0 Å². The average molecular weight is 418 g/mol. The third-order valence-electron chi connectivity index (χ3n) is 6.39. The number of methoxy groups -OCH3 is 2. The second kappa shape index (κ2) is 9.54. The monoisotopic (exact) mass is 417 g/mol. The Hall–Kier alpha value is -2.82.